The Balaban J connectivity index is 1.24. The quantitative estimate of drug-likeness (QED) is 0.166. The zero-order valence-electron chi connectivity index (χ0n) is 30.8. The van der Waals surface area contributed by atoms with Gasteiger partial charge in [0, 0.05) is 11.4 Å². The Morgan fingerprint density at radius 3 is 1.86 bits per heavy atom. The smallest absolute Gasteiger partial charge is 0.480 e. The molecule has 1 unspecified atom stereocenters. The van der Waals surface area contributed by atoms with Gasteiger partial charge in [0.05, 0.1) is 52.6 Å². The van der Waals surface area contributed by atoms with Crippen molar-refractivity contribution in [2.45, 2.75) is 97.6 Å². The van der Waals surface area contributed by atoms with Crippen molar-refractivity contribution in [2.24, 2.45) is 0 Å². The monoisotopic (exact) mass is 732 g/mol. The van der Waals surface area contributed by atoms with Crippen LogP contribution >= 0.6 is 23.2 Å². The van der Waals surface area contributed by atoms with E-state index in [4.69, 9.17) is 46.6 Å². The fraction of sp³-hybridized carbons (Fsp3) is 0.444. The highest BCUT2D eigenvalue weighted by molar-refractivity contribution is 6.62. The van der Waals surface area contributed by atoms with E-state index < -0.39 is 36.6 Å². The molecule has 4 aromatic rings. The number of aryl methyl sites for hydroxylation is 3. The molecule has 4 heterocycles. The predicted molar refractivity (Wildman–Crippen MR) is 204 cm³/mol. The molecule has 2 aliphatic heterocycles. The van der Waals surface area contributed by atoms with Crippen molar-refractivity contribution in [3.63, 3.8) is 0 Å². The van der Waals surface area contributed by atoms with Gasteiger partial charge in [0.25, 0.3) is 0 Å². The highest BCUT2D eigenvalue weighted by Gasteiger charge is 2.55. The summed E-state index contributed by atoms with van der Waals surface area (Å²) < 4.78 is 31.6. The van der Waals surface area contributed by atoms with Gasteiger partial charge in [0.1, 0.15) is 5.02 Å². The number of nitrogens with zero attached hydrogens (tertiary/aromatic N) is 4. The van der Waals surface area contributed by atoms with E-state index in [9.17, 15) is 0 Å². The number of anilines is 4. The van der Waals surface area contributed by atoms with Gasteiger partial charge in [-0.25, -0.2) is 15.0 Å². The average Bonchev–Trinajstić information content (AvgIpc) is 3.43. The van der Waals surface area contributed by atoms with Gasteiger partial charge < -0.3 is 34.0 Å². The highest BCUT2D eigenvalue weighted by Crippen LogP contribution is 2.41. The summed E-state index contributed by atoms with van der Waals surface area (Å²) in [6.07, 6.45) is 4.44. The van der Waals surface area contributed by atoms with Crippen molar-refractivity contribution >= 4 is 71.6 Å². The fourth-order valence-electron chi connectivity index (χ4n) is 6.07. The maximum Gasteiger partial charge on any atom is 0.494 e. The van der Waals surface area contributed by atoms with E-state index in [1.807, 2.05) is 59.7 Å². The summed E-state index contributed by atoms with van der Waals surface area (Å²) in [5, 5.41) is 7.45. The molecule has 11 nitrogen and oxygen atoms in total. The minimum Gasteiger partial charge on any atom is -0.480 e. The number of benzene rings is 2. The summed E-state index contributed by atoms with van der Waals surface area (Å²) in [5.41, 5.74) is 3.92. The van der Waals surface area contributed by atoms with Crippen LogP contribution in [0.1, 0.15) is 71.7 Å². The Morgan fingerprint density at radius 2 is 1.24 bits per heavy atom. The first-order valence-corrected chi connectivity index (χ1v) is 17.7. The highest BCUT2D eigenvalue weighted by atomic mass is 35.5. The lowest BCUT2D eigenvalue weighted by Crippen LogP contribution is -2.45. The molecular weight excluding hydrogens is 689 g/mol. The van der Waals surface area contributed by atoms with Gasteiger partial charge in [-0.1, -0.05) is 35.3 Å². The molecule has 2 saturated heterocycles. The van der Waals surface area contributed by atoms with Crippen LogP contribution in [0.5, 0.6) is 5.88 Å². The normalized spacial score (nSPS) is 20.5. The van der Waals surface area contributed by atoms with E-state index in [0.717, 1.165) is 33.4 Å². The van der Waals surface area contributed by atoms with Crippen LogP contribution in [0.2, 0.25) is 10.0 Å². The summed E-state index contributed by atoms with van der Waals surface area (Å²) in [6.45, 7) is 18.3. The van der Waals surface area contributed by atoms with Gasteiger partial charge in [-0.3, -0.25) is 0 Å². The molecule has 0 aliphatic carbocycles. The van der Waals surface area contributed by atoms with Crippen LogP contribution in [0.15, 0.2) is 48.8 Å². The van der Waals surface area contributed by atoms with Crippen molar-refractivity contribution in [2.75, 3.05) is 17.7 Å². The lowest BCUT2D eigenvalue weighted by molar-refractivity contribution is -0.0152. The fourth-order valence-corrected chi connectivity index (χ4v) is 6.33. The molecule has 0 spiro atoms. The molecule has 2 N–H and O–H groups in total. The van der Waals surface area contributed by atoms with Crippen molar-refractivity contribution < 1.29 is 23.4 Å². The third-order valence-corrected chi connectivity index (χ3v) is 10.8. The molecule has 0 saturated carbocycles. The minimum atomic E-state index is -0.633. The van der Waals surface area contributed by atoms with Crippen LogP contribution in [0, 0.1) is 13.8 Å². The van der Waals surface area contributed by atoms with Gasteiger partial charge in [-0.05, 0) is 121 Å². The minimum absolute atomic E-state index is 0.282. The van der Waals surface area contributed by atoms with E-state index >= 15 is 0 Å². The van der Waals surface area contributed by atoms with Crippen molar-refractivity contribution in [1.82, 2.24) is 19.9 Å². The number of hydrogen-bond donors (Lipinski definition) is 2. The van der Waals surface area contributed by atoms with Gasteiger partial charge >= 0.3 is 14.2 Å². The number of rotatable bonds is 10. The molecule has 2 fully saturated rings. The zero-order valence-corrected chi connectivity index (χ0v) is 32.3. The maximum atomic E-state index is 6.80. The van der Waals surface area contributed by atoms with Crippen LogP contribution in [0.4, 0.5) is 23.3 Å². The molecule has 2 aromatic heterocycles. The molecule has 51 heavy (non-hydrogen) atoms. The summed E-state index contributed by atoms with van der Waals surface area (Å²) >= 11 is 12.3. The van der Waals surface area contributed by atoms with Gasteiger partial charge in [-0.15, -0.1) is 0 Å². The Labute approximate surface area is 310 Å². The molecule has 2 aromatic carbocycles. The Bertz CT molecular complexity index is 1930. The lowest BCUT2D eigenvalue weighted by atomic mass is 9.77. The number of nitrogens with one attached hydrogen (secondary N) is 2. The second kappa shape index (κ2) is 13.8. The first kappa shape index (κ1) is 37.3. The molecular formula is C36H44B2Cl2N6O5. The van der Waals surface area contributed by atoms with Crippen LogP contribution < -0.4 is 26.3 Å². The van der Waals surface area contributed by atoms with Crippen LogP contribution in [0.3, 0.4) is 0 Å². The van der Waals surface area contributed by atoms with Crippen molar-refractivity contribution in [3.8, 4) is 5.88 Å². The number of methoxy groups -OCH3 is 1. The number of halogens is 2. The molecule has 1 atom stereocenters. The molecule has 0 radical (unpaired) electrons. The average molecular weight is 733 g/mol. The van der Waals surface area contributed by atoms with Crippen molar-refractivity contribution in [3.05, 3.63) is 75.7 Å². The largest absolute Gasteiger partial charge is 0.494 e. The molecule has 6 rings (SSSR count). The molecule has 2 aliphatic rings. The summed E-state index contributed by atoms with van der Waals surface area (Å²) in [6, 6.07) is 12.3. The van der Waals surface area contributed by atoms with E-state index in [2.05, 4.69) is 69.5 Å². The standard InChI is InChI=1S/C36H44B2Cl2N6O5/c1-21-13-24(17-26(14-21)44-31-41-19-28(39)22(2)43-31)38-50-35(7,8)36(9,51-38)12-11-23-15-25(37-48-33(3,4)34(5,6)49-37)18-27(16-23)45-32-42-20-29(40)30(46-32)47-10/h13-20H,11-12H2,1-10H3,(H,41,43,44)(H,42,45,46). The van der Waals surface area contributed by atoms with Crippen LogP contribution in [-0.2, 0) is 25.0 Å². The maximum absolute atomic E-state index is 6.80. The third kappa shape index (κ3) is 7.84. The van der Waals surface area contributed by atoms with Crippen molar-refractivity contribution in [1.29, 1.82) is 0 Å². The predicted octanol–water partition coefficient (Wildman–Crippen LogP) is 6.90. The SMILES string of the molecule is COc1nc(Nc2cc(CCC3(C)OB(c4cc(C)cc(Nc5ncc(Cl)c(C)n5)c4)OC3(C)C)cc(B3OC(C)(C)C(C)(C)O3)c2)ncc1Cl. The Hall–Kier alpha value is -3.45. The summed E-state index contributed by atoms with van der Waals surface area (Å²) in [4.78, 5) is 17.5. The topological polar surface area (TPSA) is 122 Å². The Kier molecular flexibility index (Phi) is 10.1. The lowest BCUT2D eigenvalue weighted by Gasteiger charge is -2.36. The van der Waals surface area contributed by atoms with Crippen LogP contribution in [-0.4, -0.2) is 63.7 Å². The van der Waals surface area contributed by atoms with Gasteiger partial charge in [0.15, 0.2) is 0 Å². The molecule has 0 bridgehead atoms. The first-order valence-electron chi connectivity index (χ1n) is 16.9. The Morgan fingerprint density at radius 1 is 0.686 bits per heavy atom. The second-order valence-electron chi connectivity index (χ2n) is 14.9. The number of ether oxygens (including phenoxy) is 1. The zero-order chi connectivity index (χ0) is 36.9. The molecule has 15 heteroatoms. The molecule has 268 valence electrons. The van der Waals surface area contributed by atoms with E-state index in [-0.39, 0.29) is 5.88 Å². The summed E-state index contributed by atoms with van der Waals surface area (Å²) in [5.74, 6) is 1.09. The first-order chi connectivity index (χ1) is 23.9. The van der Waals surface area contributed by atoms with Gasteiger partial charge in [0.2, 0.25) is 17.8 Å². The number of aromatic nitrogens is 4. The number of hydrogen-bond acceptors (Lipinski definition) is 11. The third-order valence-electron chi connectivity index (χ3n) is 10.2. The van der Waals surface area contributed by atoms with E-state index in [0.29, 0.717) is 40.5 Å². The van der Waals surface area contributed by atoms with Gasteiger partial charge in [-0.2, -0.15) is 4.98 Å². The van der Waals surface area contributed by atoms with E-state index in [1.54, 1.807) is 6.20 Å². The molecule has 0 amide bonds. The second-order valence-corrected chi connectivity index (χ2v) is 15.7. The summed E-state index contributed by atoms with van der Waals surface area (Å²) in [7, 11) is 0.371. The van der Waals surface area contributed by atoms with E-state index in [1.165, 1.54) is 13.3 Å². The van der Waals surface area contributed by atoms with Crippen LogP contribution in [0.25, 0.3) is 0 Å².